The largest absolute Gasteiger partial charge is 0.399 e. The molecule has 21 heavy (non-hydrogen) atoms. The summed E-state index contributed by atoms with van der Waals surface area (Å²) in [6.45, 7) is 6.86. The molecule has 0 amide bonds. The van der Waals surface area contributed by atoms with Crippen molar-refractivity contribution in [2.24, 2.45) is 15.1 Å². The molecule has 0 aromatic heterocycles. The first-order valence-corrected chi connectivity index (χ1v) is 6.96. The lowest BCUT2D eigenvalue weighted by molar-refractivity contribution is -0.106. The van der Waals surface area contributed by atoms with Gasteiger partial charge in [0.15, 0.2) is 11.0 Å². The predicted octanol–water partition coefficient (Wildman–Crippen LogP) is 1.51. The van der Waals surface area contributed by atoms with Crippen LogP contribution >= 0.6 is 18.5 Å². The maximum atomic E-state index is 10.5. The summed E-state index contributed by atoms with van der Waals surface area (Å²) >= 11 is 0. The minimum atomic E-state index is -0.146. The van der Waals surface area contributed by atoms with Crippen LogP contribution in [-0.4, -0.2) is 48.8 Å². The van der Waals surface area contributed by atoms with Gasteiger partial charge in [0.1, 0.15) is 25.8 Å². The van der Waals surface area contributed by atoms with Gasteiger partial charge in [0.25, 0.3) is 0 Å². The fraction of sp³-hybridized carbons (Fsp3) is 0.500. The molecule has 0 saturated carbocycles. The molecule has 0 rings (SSSR count). The van der Waals surface area contributed by atoms with Gasteiger partial charge in [0, 0.05) is 0 Å². The normalized spacial score (nSPS) is 10.8. The quantitative estimate of drug-likeness (QED) is 0.329. The zero-order chi connectivity index (χ0) is 17.3. The molecule has 0 aliphatic rings. The highest BCUT2D eigenvalue weighted by Gasteiger charge is 1.95. The second-order valence-corrected chi connectivity index (χ2v) is 4.20. The first-order chi connectivity index (χ1) is 9.78. The second-order valence-electron chi connectivity index (χ2n) is 3.15. The van der Waals surface area contributed by atoms with Crippen LogP contribution in [0.5, 0.6) is 0 Å². The first-order valence-electron chi connectivity index (χ1n) is 5.80. The van der Waals surface area contributed by atoms with E-state index in [0.717, 1.165) is 6.29 Å². The van der Waals surface area contributed by atoms with E-state index in [1.165, 1.54) is 14.0 Å². The number of carbonyl (C=O) groups excluding carboxylic acids is 3. The SMILES string of the molecule is CC=NCN=C(C)C(=O)P.CC=O.CO/N=C(/C)C(=O)P. The Labute approximate surface area is 130 Å². The Balaban J connectivity index is -0.000000264. The molecule has 0 aliphatic heterocycles. The summed E-state index contributed by atoms with van der Waals surface area (Å²) in [6, 6.07) is 0. The Hall–Kier alpha value is -1.32. The van der Waals surface area contributed by atoms with E-state index < -0.39 is 0 Å². The predicted molar refractivity (Wildman–Crippen MR) is 93.4 cm³/mol. The average molecular weight is 335 g/mol. The van der Waals surface area contributed by atoms with Crippen molar-refractivity contribution < 1.29 is 19.2 Å². The topological polar surface area (TPSA) is 97.5 Å². The van der Waals surface area contributed by atoms with Gasteiger partial charge in [-0.2, -0.15) is 0 Å². The molecular formula is C12H23N3O4P2. The van der Waals surface area contributed by atoms with Crippen molar-refractivity contribution in [3.8, 4) is 0 Å². The van der Waals surface area contributed by atoms with E-state index in [1.807, 2.05) is 16.2 Å². The van der Waals surface area contributed by atoms with Crippen LogP contribution in [0.4, 0.5) is 0 Å². The van der Waals surface area contributed by atoms with Gasteiger partial charge in [0.2, 0.25) is 0 Å². The van der Waals surface area contributed by atoms with Crippen molar-refractivity contribution in [1.29, 1.82) is 0 Å². The van der Waals surface area contributed by atoms with Gasteiger partial charge in [-0.05, 0) is 33.9 Å². The Bertz CT molecular complexity index is 407. The van der Waals surface area contributed by atoms with Crippen LogP contribution in [0, 0.1) is 0 Å². The second kappa shape index (κ2) is 18.7. The van der Waals surface area contributed by atoms with Crippen LogP contribution < -0.4 is 0 Å². The van der Waals surface area contributed by atoms with Gasteiger partial charge >= 0.3 is 0 Å². The molecule has 2 unspecified atom stereocenters. The summed E-state index contributed by atoms with van der Waals surface area (Å²) in [6.07, 6.45) is 2.41. The lowest BCUT2D eigenvalue weighted by Crippen LogP contribution is -2.00. The van der Waals surface area contributed by atoms with Gasteiger partial charge in [-0.25, -0.2) is 0 Å². The summed E-state index contributed by atoms with van der Waals surface area (Å²) < 4.78 is 0. The minimum Gasteiger partial charge on any atom is -0.399 e. The smallest absolute Gasteiger partial charge is 0.195 e. The molecule has 0 saturated heterocycles. The number of nitrogens with zero attached hydrogens (tertiary/aromatic N) is 3. The van der Waals surface area contributed by atoms with Gasteiger partial charge in [-0.3, -0.25) is 19.6 Å². The summed E-state index contributed by atoms with van der Waals surface area (Å²) in [5, 5.41) is 3.37. The Morgan fingerprint density at radius 2 is 1.52 bits per heavy atom. The molecule has 0 spiro atoms. The minimum absolute atomic E-state index is 0.0775. The van der Waals surface area contributed by atoms with E-state index in [-0.39, 0.29) is 11.0 Å². The van der Waals surface area contributed by atoms with Crippen molar-refractivity contribution in [1.82, 2.24) is 0 Å². The molecular weight excluding hydrogens is 312 g/mol. The van der Waals surface area contributed by atoms with Crippen molar-refractivity contribution in [3.05, 3.63) is 0 Å². The molecule has 0 radical (unpaired) electrons. The van der Waals surface area contributed by atoms with E-state index in [2.05, 4.69) is 29.2 Å². The monoisotopic (exact) mass is 335 g/mol. The molecule has 120 valence electrons. The van der Waals surface area contributed by atoms with Crippen LogP contribution in [0.25, 0.3) is 0 Å². The molecule has 2 atom stereocenters. The Morgan fingerprint density at radius 3 is 1.76 bits per heavy atom. The Morgan fingerprint density at radius 1 is 1.10 bits per heavy atom. The third-order valence-electron chi connectivity index (χ3n) is 1.51. The molecule has 7 nitrogen and oxygen atoms in total. The van der Waals surface area contributed by atoms with E-state index in [9.17, 15) is 9.59 Å². The number of hydrogen-bond acceptors (Lipinski definition) is 7. The van der Waals surface area contributed by atoms with Crippen molar-refractivity contribution >= 4 is 53.5 Å². The highest BCUT2D eigenvalue weighted by molar-refractivity contribution is 7.45. The number of carbonyl (C=O) groups is 3. The zero-order valence-corrected chi connectivity index (χ0v) is 15.3. The maximum absolute atomic E-state index is 10.5. The lowest BCUT2D eigenvalue weighted by Gasteiger charge is -1.89. The Kier molecular flexibility index (Phi) is 22.0. The highest BCUT2D eigenvalue weighted by atomic mass is 31.0. The van der Waals surface area contributed by atoms with Crippen LogP contribution in [0.1, 0.15) is 27.7 Å². The maximum Gasteiger partial charge on any atom is 0.195 e. The first kappa shape index (κ1) is 24.7. The van der Waals surface area contributed by atoms with Gasteiger partial charge in [0.05, 0.1) is 5.71 Å². The molecule has 0 bridgehead atoms. The van der Waals surface area contributed by atoms with Crippen molar-refractivity contribution in [2.75, 3.05) is 13.8 Å². The number of rotatable bonds is 5. The number of aldehydes is 1. The zero-order valence-electron chi connectivity index (χ0n) is 13.0. The molecule has 0 aliphatic carbocycles. The third kappa shape index (κ3) is 24.1. The molecule has 9 heteroatoms. The number of oxime groups is 1. The lowest BCUT2D eigenvalue weighted by atomic mass is 10.5. The van der Waals surface area contributed by atoms with Crippen molar-refractivity contribution in [3.63, 3.8) is 0 Å². The fourth-order valence-electron chi connectivity index (χ4n) is 0.488. The molecule has 0 aromatic rings. The van der Waals surface area contributed by atoms with Crippen LogP contribution in [0.15, 0.2) is 15.1 Å². The van der Waals surface area contributed by atoms with E-state index in [1.54, 1.807) is 20.1 Å². The summed E-state index contributed by atoms with van der Waals surface area (Å²) in [5.41, 5.74) is 0.631. The molecule has 0 aromatic carbocycles. The number of aliphatic imine (C=N–C) groups is 2. The van der Waals surface area contributed by atoms with Crippen LogP contribution in [0.2, 0.25) is 0 Å². The average Bonchev–Trinajstić information content (AvgIpc) is 2.40. The van der Waals surface area contributed by atoms with E-state index in [4.69, 9.17) is 4.79 Å². The summed E-state index contributed by atoms with van der Waals surface area (Å²) in [4.78, 5) is 41.6. The summed E-state index contributed by atoms with van der Waals surface area (Å²) in [5.74, 6) is 0. The van der Waals surface area contributed by atoms with Crippen LogP contribution in [-0.2, 0) is 19.2 Å². The fourth-order valence-corrected chi connectivity index (χ4v) is 0.632. The van der Waals surface area contributed by atoms with Crippen molar-refractivity contribution in [2.45, 2.75) is 27.7 Å². The van der Waals surface area contributed by atoms with Crippen LogP contribution in [0.3, 0.4) is 0 Å². The molecule has 0 N–H and O–H groups in total. The standard InChI is InChI=1S/C6H11N2OP.C4H8NO2P.C2H4O/c1-3-7-4-8-5(2)6(9)10;1-3(4(6)8)5-7-2;1-2-3/h3H,4,10H2,1-2H3;8H2,1-2H3;2H,1H3/b;5-3-;. The van der Waals surface area contributed by atoms with Gasteiger partial charge < -0.3 is 9.63 Å². The van der Waals surface area contributed by atoms with E-state index in [0.29, 0.717) is 18.1 Å². The third-order valence-corrected chi connectivity index (χ3v) is 2.35. The number of hydrogen-bond donors (Lipinski definition) is 0. The van der Waals surface area contributed by atoms with Gasteiger partial charge in [-0.15, -0.1) is 0 Å². The van der Waals surface area contributed by atoms with Gasteiger partial charge in [-0.1, -0.05) is 23.6 Å². The molecule has 0 heterocycles. The van der Waals surface area contributed by atoms with E-state index >= 15 is 0 Å². The molecule has 0 fully saturated rings. The summed E-state index contributed by atoms with van der Waals surface area (Å²) in [7, 11) is 5.46. The highest BCUT2D eigenvalue weighted by Crippen LogP contribution is 1.89.